The summed E-state index contributed by atoms with van der Waals surface area (Å²) in [5, 5.41) is 6.19. The van der Waals surface area contributed by atoms with Crippen molar-refractivity contribution < 1.29 is 19.1 Å². The molecule has 2 amide bonds. The van der Waals surface area contributed by atoms with Gasteiger partial charge in [-0.05, 0) is 44.4 Å². The summed E-state index contributed by atoms with van der Waals surface area (Å²) >= 11 is 0. The summed E-state index contributed by atoms with van der Waals surface area (Å²) in [6.45, 7) is 4.40. The highest BCUT2D eigenvalue weighted by molar-refractivity contribution is 5.78. The third-order valence-electron chi connectivity index (χ3n) is 4.44. The number of carbonyl (C=O) groups excluding carboxylic acids is 2. The van der Waals surface area contributed by atoms with Crippen LogP contribution in [0, 0.1) is 0 Å². The van der Waals surface area contributed by atoms with Crippen molar-refractivity contribution in [3.05, 3.63) is 29.8 Å². The largest absolute Gasteiger partial charge is 0.496 e. The van der Waals surface area contributed by atoms with Gasteiger partial charge in [0.2, 0.25) is 5.91 Å². The van der Waals surface area contributed by atoms with E-state index in [1.54, 1.807) is 18.9 Å². The number of benzene rings is 1. The molecule has 2 rings (SSSR count). The molecule has 1 aliphatic heterocycles. The van der Waals surface area contributed by atoms with Crippen LogP contribution in [0.25, 0.3) is 0 Å². The number of likely N-dealkylation sites (tertiary alicyclic amines) is 1. The first kappa shape index (κ1) is 20.0. The van der Waals surface area contributed by atoms with Crippen LogP contribution in [0.15, 0.2) is 24.3 Å². The number of nitrogens with one attached hydrogen (secondary N) is 2. The molecule has 0 radical (unpaired) electrons. The summed E-state index contributed by atoms with van der Waals surface area (Å²) in [4.78, 5) is 25.4. The lowest BCUT2D eigenvalue weighted by Gasteiger charge is -2.31. The van der Waals surface area contributed by atoms with E-state index >= 15 is 0 Å². The summed E-state index contributed by atoms with van der Waals surface area (Å²) < 4.78 is 10.3. The van der Waals surface area contributed by atoms with Crippen molar-refractivity contribution in [3.63, 3.8) is 0 Å². The van der Waals surface area contributed by atoms with Crippen LogP contribution in [-0.4, -0.2) is 62.8 Å². The molecule has 0 spiro atoms. The number of nitrogens with zero attached hydrogens (tertiary/aromatic N) is 1. The number of hydrogen-bond donors (Lipinski definition) is 2. The molecule has 1 saturated heterocycles. The molecule has 0 aromatic heterocycles. The number of ether oxygens (including phenoxy) is 2. The van der Waals surface area contributed by atoms with E-state index < -0.39 is 0 Å². The fourth-order valence-electron chi connectivity index (χ4n) is 3.03. The monoisotopic (exact) mass is 363 g/mol. The number of rotatable bonds is 8. The summed E-state index contributed by atoms with van der Waals surface area (Å²) in [5.74, 6) is 0.853. The summed E-state index contributed by atoms with van der Waals surface area (Å²) in [6.07, 6.45) is 2.04. The predicted molar refractivity (Wildman–Crippen MR) is 99.3 cm³/mol. The molecule has 1 aromatic carbocycles. The second-order valence-corrected chi connectivity index (χ2v) is 6.27. The third kappa shape index (κ3) is 6.22. The van der Waals surface area contributed by atoms with Crippen molar-refractivity contribution in [1.82, 2.24) is 15.5 Å². The minimum absolute atomic E-state index is 0.0142. The number of hydrogen-bond acceptors (Lipinski definition) is 5. The molecule has 0 atom stereocenters. The zero-order chi connectivity index (χ0) is 18.8. The van der Waals surface area contributed by atoms with E-state index in [0.29, 0.717) is 26.2 Å². The van der Waals surface area contributed by atoms with Crippen LogP contribution in [0.5, 0.6) is 5.75 Å². The summed E-state index contributed by atoms with van der Waals surface area (Å²) in [6, 6.07) is 8.00. The smallest absolute Gasteiger partial charge is 0.409 e. The van der Waals surface area contributed by atoms with Crippen molar-refractivity contribution in [3.8, 4) is 5.75 Å². The third-order valence-corrected chi connectivity index (χ3v) is 4.44. The molecule has 0 bridgehead atoms. The van der Waals surface area contributed by atoms with Gasteiger partial charge in [-0.1, -0.05) is 18.2 Å². The normalized spacial score (nSPS) is 14.8. The maximum absolute atomic E-state index is 12.1. The highest BCUT2D eigenvalue weighted by Crippen LogP contribution is 2.17. The van der Waals surface area contributed by atoms with Gasteiger partial charge >= 0.3 is 6.09 Å². The molecule has 26 heavy (non-hydrogen) atoms. The lowest BCUT2D eigenvalue weighted by Crippen LogP contribution is -2.48. The van der Waals surface area contributed by atoms with Crippen LogP contribution in [0.4, 0.5) is 4.79 Å². The van der Waals surface area contributed by atoms with Crippen molar-refractivity contribution in [2.75, 3.05) is 39.9 Å². The fourth-order valence-corrected chi connectivity index (χ4v) is 3.03. The maximum atomic E-state index is 12.1. The highest BCUT2D eigenvalue weighted by Gasteiger charge is 2.24. The van der Waals surface area contributed by atoms with E-state index in [-0.39, 0.29) is 24.6 Å². The Hall–Kier alpha value is -2.28. The van der Waals surface area contributed by atoms with Gasteiger partial charge in [-0.2, -0.15) is 0 Å². The van der Waals surface area contributed by atoms with Gasteiger partial charge in [0.15, 0.2) is 0 Å². The molecule has 0 saturated carbocycles. The van der Waals surface area contributed by atoms with Gasteiger partial charge in [0, 0.05) is 19.1 Å². The molecule has 7 heteroatoms. The average Bonchev–Trinajstić information content (AvgIpc) is 2.66. The van der Waals surface area contributed by atoms with Gasteiger partial charge in [-0.15, -0.1) is 0 Å². The highest BCUT2D eigenvalue weighted by atomic mass is 16.6. The van der Waals surface area contributed by atoms with Crippen LogP contribution in [0.1, 0.15) is 25.3 Å². The van der Waals surface area contributed by atoms with E-state index in [4.69, 9.17) is 9.47 Å². The van der Waals surface area contributed by atoms with Crippen molar-refractivity contribution in [1.29, 1.82) is 0 Å². The lowest BCUT2D eigenvalue weighted by atomic mass is 10.1. The van der Waals surface area contributed by atoms with Gasteiger partial charge < -0.3 is 25.0 Å². The maximum Gasteiger partial charge on any atom is 0.409 e. The van der Waals surface area contributed by atoms with Gasteiger partial charge in [0.1, 0.15) is 5.75 Å². The van der Waals surface area contributed by atoms with Gasteiger partial charge in [-0.3, -0.25) is 4.79 Å². The Balaban J connectivity index is 1.62. The topological polar surface area (TPSA) is 79.9 Å². The SMILES string of the molecule is CCOC(=O)N1CCC(NC(=O)CNCCc2ccccc2OC)CC1. The number of methoxy groups -OCH3 is 1. The van der Waals surface area contributed by atoms with Crippen molar-refractivity contribution >= 4 is 12.0 Å². The number of amides is 2. The Kier molecular flexibility index (Phi) is 8.21. The number of piperidine rings is 1. The molecular formula is C19H29N3O4. The molecule has 7 nitrogen and oxygen atoms in total. The molecule has 1 aromatic rings. The zero-order valence-electron chi connectivity index (χ0n) is 15.6. The quantitative estimate of drug-likeness (QED) is 0.685. The Bertz CT molecular complexity index is 586. The molecule has 0 aliphatic carbocycles. The standard InChI is InChI=1S/C19H29N3O4/c1-3-26-19(24)22-12-9-16(10-13-22)21-18(23)14-20-11-8-15-6-4-5-7-17(15)25-2/h4-7,16,20H,3,8-14H2,1-2H3,(H,21,23). The molecular weight excluding hydrogens is 334 g/mol. The lowest BCUT2D eigenvalue weighted by molar-refractivity contribution is -0.121. The molecule has 1 aliphatic rings. The van der Waals surface area contributed by atoms with Crippen LogP contribution < -0.4 is 15.4 Å². The van der Waals surface area contributed by atoms with Crippen LogP contribution in [0.3, 0.4) is 0 Å². The van der Waals surface area contributed by atoms with E-state index in [1.807, 2.05) is 24.3 Å². The van der Waals surface area contributed by atoms with E-state index in [9.17, 15) is 9.59 Å². The van der Waals surface area contributed by atoms with Crippen LogP contribution in [0.2, 0.25) is 0 Å². The van der Waals surface area contributed by atoms with Crippen molar-refractivity contribution in [2.24, 2.45) is 0 Å². The molecule has 1 fully saturated rings. The molecule has 2 N–H and O–H groups in total. The van der Waals surface area contributed by atoms with E-state index in [2.05, 4.69) is 10.6 Å². The predicted octanol–water partition coefficient (Wildman–Crippen LogP) is 1.56. The van der Waals surface area contributed by atoms with Crippen LogP contribution >= 0.6 is 0 Å². The van der Waals surface area contributed by atoms with E-state index in [0.717, 1.165) is 30.6 Å². The second-order valence-electron chi connectivity index (χ2n) is 6.27. The molecule has 1 heterocycles. The Labute approximate surface area is 155 Å². The average molecular weight is 363 g/mol. The second kappa shape index (κ2) is 10.7. The number of carbonyl (C=O) groups is 2. The minimum atomic E-state index is -0.268. The molecule has 0 unspecified atom stereocenters. The first-order valence-electron chi connectivity index (χ1n) is 9.17. The Morgan fingerprint density at radius 2 is 1.96 bits per heavy atom. The first-order valence-corrected chi connectivity index (χ1v) is 9.17. The van der Waals surface area contributed by atoms with E-state index in [1.165, 1.54) is 0 Å². The Morgan fingerprint density at radius 1 is 1.23 bits per heavy atom. The molecule has 144 valence electrons. The summed E-state index contributed by atoms with van der Waals surface area (Å²) in [5.41, 5.74) is 1.12. The summed E-state index contributed by atoms with van der Waals surface area (Å²) in [7, 11) is 1.66. The number of para-hydroxylation sites is 1. The van der Waals surface area contributed by atoms with Gasteiger partial charge in [-0.25, -0.2) is 4.79 Å². The van der Waals surface area contributed by atoms with Crippen LogP contribution in [-0.2, 0) is 16.0 Å². The van der Waals surface area contributed by atoms with Gasteiger partial charge in [0.25, 0.3) is 0 Å². The fraction of sp³-hybridized carbons (Fsp3) is 0.579. The zero-order valence-corrected chi connectivity index (χ0v) is 15.6. The Morgan fingerprint density at radius 3 is 2.65 bits per heavy atom. The minimum Gasteiger partial charge on any atom is -0.496 e. The first-order chi connectivity index (χ1) is 12.6. The van der Waals surface area contributed by atoms with Crippen molar-refractivity contribution in [2.45, 2.75) is 32.2 Å². The van der Waals surface area contributed by atoms with Gasteiger partial charge in [0.05, 0.1) is 20.3 Å².